The first-order valence-electron chi connectivity index (χ1n) is 9.28. The number of hydrogen-bond donors (Lipinski definition) is 2. The van der Waals surface area contributed by atoms with E-state index in [0.29, 0.717) is 23.7 Å². The van der Waals surface area contributed by atoms with Crippen LogP contribution in [0.1, 0.15) is 48.9 Å². The van der Waals surface area contributed by atoms with Crippen LogP contribution in [0.5, 0.6) is 0 Å². The van der Waals surface area contributed by atoms with E-state index in [1.54, 1.807) is 22.7 Å². The van der Waals surface area contributed by atoms with Crippen molar-refractivity contribution in [2.45, 2.75) is 45.6 Å². The van der Waals surface area contributed by atoms with E-state index in [0.717, 1.165) is 24.8 Å². The van der Waals surface area contributed by atoms with Gasteiger partial charge in [0.05, 0.1) is 19.1 Å². The molecule has 1 amide bonds. The number of aromatic nitrogens is 2. The van der Waals surface area contributed by atoms with Crippen molar-refractivity contribution in [3.63, 3.8) is 0 Å². The summed E-state index contributed by atoms with van der Waals surface area (Å²) in [5.41, 5.74) is 1.25. The molecule has 3 rings (SSSR count). The molecule has 2 aromatic rings. The number of furan rings is 1. The second kappa shape index (κ2) is 7.87. The van der Waals surface area contributed by atoms with Gasteiger partial charge in [0.2, 0.25) is 0 Å². The van der Waals surface area contributed by atoms with Crippen LogP contribution in [-0.2, 0) is 7.05 Å². The number of carbonyl (C=O) groups is 1. The molecule has 1 saturated heterocycles. The molecule has 0 saturated carbocycles. The van der Waals surface area contributed by atoms with Crippen molar-refractivity contribution in [3.05, 3.63) is 29.7 Å². The van der Waals surface area contributed by atoms with Crippen LogP contribution in [0.15, 0.2) is 22.6 Å². The van der Waals surface area contributed by atoms with Gasteiger partial charge in [0.1, 0.15) is 17.1 Å². The minimum Gasteiger partial charge on any atom is -0.460 e. The Hall–Kier alpha value is -2.08. The second-order valence-electron chi connectivity index (χ2n) is 7.11. The lowest BCUT2D eigenvalue weighted by Gasteiger charge is -2.30. The number of nitrogens with zero attached hydrogens (tertiary/aromatic N) is 2. The van der Waals surface area contributed by atoms with Gasteiger partial charge in [-0.3, -0.25) is 9.48 Å². The Bertz CT molecular complexity index is 719. The van der Waals surface area contributed by atoms with Crippen molar-refractivity contribution in [2.24, 2.45) is 7.05 Å². The van der Waals surface area contributed by atoms with Crippen LogP contribution < -0.4 is 10.2 Å². The van der Waals surface area contributed by atoms with Gasteiger partial charge in [0.15, 0.2) is 5.76 Å². The Morgan fingerprint density at radius 1 is 1.44 bits per heavy atom. The summed E-state index contributed by atoms with van der Waals surface area (Å²) in [6.45, 7) is 7.33. The molecule has 0 bridgehead atoms. The first-order valence-corrected chi connectivity index (χ1v) is 9.28. The molecule has 0 aliphatic carbocycles. The molecular weight excluding hydrogens is 316 g/mol. The Kier molecular flexibility index (Phi) is 5.58. The molecule has 1 fully saturated rings. The third-order valence-electron chi connectivity index (χ3n) is 5.15. The summed E-state index contributed by atoms with van der Waals surface area (Å²) in [7, 11) is 1.79. The maximum atomic E-state index is 12.4. The minimum atomic E-state index is -0.0776. The molecule has 25 heavy (non-hydrogen) atoms. The lowest BCUT2D eigenvalue weighted by Crippen LogP contribution is -3.16. The van der Waals surface area contributed by atoms with Crippen LogP contribution in [0.3, 0.4) is 0 Å². The number of likely N-dealkylation sites (tertiary alicyclic amines) is 1. The Balaban J connectivity index is 1.50. The third kappa shape index (κ3) is 4.31. The van der Waals surface area contributed by atoms with E-state index in [1.807, 2.05) is 19.1 Å². The summed E-state index contributed by atoms with van der Waals surface area (Å²) < 4.78 is 7.19. The predicted octanol–water partition coefficient (Wildman–Crippen LogP) is 1.57. The monoisotopic (exact) mass is 345 g/mol. The van der Waals surface area contributed by atoms with Gasteiger partial charge < -0.3 is 14.6 Å². The molecule has 3 heterocycles. The molecule has 1 aliphatic rings. The van der Waals surface area contributed by atoms with Gasteiger partial charge in [-0.05, 0) is 45.2 Å². The van der Waals surface area contributed by atoms with Gasteiger partial charge in [-0.25, -0.2) is 0 Å². The molecule has 0 radical (unpaired) electrons. The number of hydrogen-bond acceptors (Lipinski definition) is 3. The lowest BCUT2D eigenvalue weighted by molar-refractivity contribution is -0.928. The maximum Gasteiger partial charge on any atom is 0.269 e. The Labute approximate surface area is 149 Å². The number of carbonyl (C=O) groups excluding carboxylic acids is 1. The largest absolute Gasteiger partial charge is 0.460 e. The number of nitrogens with one attached hydrogen (secondary N) is 2. The van der Waals surface area contributed by atoms with Gasteiger partial charge in [-0.1, -0.05) is 0 Å². The van der Waals surface area contributed by atoms with Crippen LogP contribution in [0, 0.1) is 6.92 Å². The van der Waals surface area contributed by atoms with Crippen molar-refractivity contribution >= 4 is 5.91 Å². The van der Waals surface area contributed by atoms with E-state index in [4.69, 9.17) is 4.42 Å². The molecule has 6 nitrogen and oxygen atoms in total. The highest BCUT2D eigenvalue weighted by Gasteiger charge is 2.21. The molecule has 2 atom stereocenters. The highest BCUT2D eigenvalue weighted by molar-refractivity contribution is 5.93. The van der Waals surface area contributed by atoms with E-state index in [1.165, 1.54) is 25.8 Å². The van der Waals surface area contributed by atoms with Crippen molar-refractivity contribution in [1.29, 1.82) is 0 Å². The van der Waals surface area contributed by atoms with E-state index >= 15 is 0 Å². The fraction of sp³-hybridized carbons (Fsp3) is 0.579. The normalized spacial score (nSPS) is 20.6. The van der Waals surface area contributed by atoms with Gasteiger partial charge >= 0.3 is 0 Å². The lowest BCUT2D eigenvalue weighted by atomic mass is 10.0. The highest BCUT2D eigenvalue weighted by atomic mass is 16.3. The van der Waals surface area contributed by atoms with Crippen molar-refractivity contribution in [1.82, 2.24) is 15.1 Å². The number of piperidine rings is 1. The van der Waals surface area contributed by atoms with Crippen LogP contribution in [-0.4, -0.2) is 41.4 Å². The van der Waals surface area contributed by atoms with Crippen molar-refractivity contribution in [3.8, 4) is 11.5 Å². The van der Waals surface area contributed by atoms with Gasteiger partial charge in [-0.15, -0.1) is 0 Å². The van der Waals surface area contributed by atoms with E-state index in [2.05, 4.69) is 17.3 Å². The molecule has 2 aromatic heterocycles. The van der Waals surface area contributed by atoms with E-state index < -0.39 is 0 Å². The van der Waals surface area contributed by atoms with Crippen LogP contribution in [0.25, 0.3) is 11.5 Å². The SMILES string of the molecule is Cc1ccc(-c2cc(C(=O)NCCC[NH+]3CCCC[C@@H]3C)n(C)n2)o1. The summed E-state index contributed by atoms with van der Waals surface area (Å²) in [6, 6.07) is 6.31. The Morgan fingerprint density at radius 2 is 2.28 bits per heavy atom. The molecule has 2 N–H and O–H groups in total. The summed E-state index contributed by atoms with van der Waals surface area (Å²) in [6.07, 6.45) is 5.02. The number of amides is 1. The predicted molar refractivity (Wildman–Crippen MR) is 96.6 cm³/mol. The quantitative estimate of drug-likeness (QED) is 0.781. The van der Waals surface area contributed by atoms with Crippen LogP contribution in [0.2, 0.25) is 0 Å². The fourth-order valence-electron chi connectivity index (χ4n) is 3.60. The molecule has 136 valence electrons. The standard InChI is InChI=1S/C19H28N4O2/c1-14-7-4-5-11-23(14)12-6-10-20-19(24)17-13-16(21-22(17)3)18-9-8-15(2)25-18/h8-9,13-14H,4-7,10-12H2,1-3H3,(H,20,24)/p+1/t14-/m0/s1. The van der Waals surface area contributed by atoms with Gasteiger partial charge in [0, 0.05) is 26.1 Å². The molecule has 0 spiro atoms. The van der Waals surface area contributed by atoms with Gasteiger partial charge in [-0.2, -0.15) is 5.10 Å². The number of rotatable bonds is 6. The zero-order chi connectivity index (χ0) is 17.8. The maximum absolute atomic E-state index is 12.4. The zero-order valence-electron chi connectivity index (χ0n) is 15.5. The summed E-state index contributed by atoms with van der Waals surface area (Å²) in [5, 5.41) is 7.41. The van der Waals surface area contributed by atoms with Crippen molar-refractivity contribution < 1.29 is 14.1 Å². The average molecular weight is 345 g/mol. The number of aryl methyl sites for hydroxylation is 2. The zero-order valence-corrected chi connectivity index (χ0v) is 15.5. The second-order valence-corrected chi connectivity index (χ2v) is 7.11. The van der Waals surface area contributed by atoms with Crippen LogP contribution in [0.4, 0.5) is 0 Å². The molecule has 1 aliphatic heterocycles. The molecule has 6 heteroatoms. The first-order chi connectivity index (χ1) is 12.0. The first kappa shape index (κ1) is 17.7. The molecule has 1 unspecified atom stereocenters. The highest BCUT2D eigenvalue weighted by Crippen LogP contribution is 2.21. The van der Waals surface area contributed by atoms with Gasteiger partial charge in [0.25, 0.3) is 5.91 Å². The van der Waals surface area contributed by atoms with Crippen molar-refractivity contribution in [2.75, 3.05) is 19.6 Å². The number of quaternary nitrogens is 1. The summed E-state index contributed by atoms with van der Waals surface area (Å²) in [4.78, 5) is 14.1. The minimum absolute atomic E-state index is 0.0776. The Morgan fingerprint density at radius 3 is 3.00 bits per heavy atom. The average Bonchev–Trinajstić information content (AvgIpc) is 3.19. The molecular formula is C19H29N4O2+. The van der Waals surface area contributed by atoms with Crippen LogP contribution >= 0.6 is 0 Å². The third-order valence-corrected chi connectivity index (χ3v) is 5.15. The topological polar surface area (TPSA) is 64.5 Å². The summed E-state index contributed by atoms with van der Waals surface area (Å²) in [5.74, 6) is 1.45. The van der Waals surface area contributed by atoms with E-state index in [9.17, 15) is 4.79 Å². The van der Waals surface area contributed by atoms with E-state index in [-0.39, 0.29) is 5.91 Å². The fourth-order valence-corrected chi connectivity index (χ4v) is 3.60. The smallest absolute Gasteiger partial charge is 0.269 e. The molecule has 0 aromatic carbocycles. The summed E-state index contributed by atoms with van der Waals surface area (Å²) >= 11 is 0.